The van der Waals surface area contributed by atoms with Crippen LogP contribution in [0.3, 0.4) is 0 Å². The number of rotatable bonds is 3. The molecule has 1 aromatic carbocycles. The van der Waals surface area contributed by atoms with Gasteiger partial charge in [0.1, 0.15) is 5.69 Å². The molecule has 0 spiro atoms. The molecule has 1 N–H and O–H groups in total. The SMILES string of the molecule is O=c1cc(-c2nc3ccccc3n(C3CC4CCCC(C3)N4C3CC4CC5CC(C3)C5C4)c2=O)cc[nH]1. The summed E-state index contributed by atoms with van der Waals surface area (Å²) in [4.78, 5) is 36.5. The first kappa shape index (κ1) is 22.3. The number of hydrogen-bond acceptors (Lipinski definition) is 4. The van der Waals surface area contributed by atoms with Crippen LogP contribution in [0.2, 0.25) is 0 Å². The summed E-state index contributed by atoms with van der Waals surface area (Å²) in [5.41, 5.74) is 2.45. The van der Waals surface area contributed by atoms with E-state index in [0.29, 0.717) is 23.3 Å². The van der Waals surface area contributed by atoms with Crippen LogP contribution in [0.5, 0.6) is 0 Å². The van der Waals surface area contributed by atoms with Gasteiger partial charge in [0.15, 0.2) is 0 Å². The lowest BCUT2D eigenvalue weighted by Gasteiger charge is -2.54. The molecule has 4 heterocycles. The predicted molar refractivity (Wildman–Crippen MR) is 144 cm³/mol. The molecule has 192 valence electrons. The topological polar surface area (TPSA) is 71.0 Å². The Balaban J connectivity index is 1.17. The smallest absolute Gasteiger partial charge is 0.277 e. The minimum Gasteiger partial charge on any atom is -0.329 e. The fourth-order valence-corrected chi connectivity index (χ4v) is 9.52. The Bertz CT molecular complexity index is 1460. The number of benzene rings is 1. The van der Waals surface area contributed by atoms with E-state index in [9.17, 15) is 9.59 Å². The lowest BCUT2D eigenvalue weighted by Crippen LogP contribution is -2.58. The Labute approximate surface area is 217 Å². The van der Waals surface area contributed by atoms with E-state index in [1.807, 2.05) is 28.8 Å². The Morgan fingerprint density at radius 1 is 0.811 bits per heavy atom. The highest BCUT2D eigenvalue weighted by atomic mass is 16.1. The molecule has 7 atom stereocenters. The summed E-state index contributed by atoms with van der Waals surface area (Å²) in [5, 5.41) is 0. The number of nitrogens with zero attached hydrogens (tertiary/aromatic N) is 3. The van der Waals surface area contributed by atoms with Crippen LogP contribution < -0.4 is 11.1 Å². The fraction of sp³-hybridized carbons (Fsp3) is 0.581. The van der Waals surface area contributed by atoms with Crippen molar-refractivity contribution in [2.24, 2.45) is 23.7 Å². The third-order valence-corrected chi connectivity index (χ3v) is 10.9. The number of hydrogen-bond donors (Lipinski definition) is 1. The molecule has 3 aliphatic carbocycles. The first-order valence-corrected chi connectivity index (χ1v) is 14.6. The van der Waals surface area contributed by atoms with Crippen LogP contribution in [0.1, 0.15) is 70.3 Å². The molecule has 37 heavy (non-hydrogen) atoms. The molecule has 0 amide bonds. The lowest BCUT2D eigenvalue weighted by molar-refractivity contribution is -0.0437. The van der Waals surface area contributed by atoms with Gasteiger partial charge in [-0.2, -0.15) is 0 Å². The average molecular weight is 497 g/mol. The van der Waals surface area contributed by atoms with Gasteiger partial charge in [-0.3, -0.25) is 14.5 Å². The van der Waals surface area contributed by atoms with E-state index in [2.05, 4.69) is 9.88 Å². The molecule has 5 aliphatic rings. The van der Waals surface area contributed by atoms with Crippen LogP contribution in [0.15, 0.2) is 52.2 Å². The molecule has 2 saturated heterocycles. The lowest BCUT2D eigenvalue weighted by atomic mass is 9.64. The summed E-state index contributed by atoms with van der Waals surface area (Å²) >= 11 is 0. The molecule has 2 aromatic heterocycles. The maximum absolute atomic E-state index is 14.1. The van der Waals surface area contributed by atoms with Crippen molar-refractivity contribution in [2.45, 2.75) is 88.4 Å². The largest absolute Gasteiger partial charge is 0.329 e. The van der Waals surface area contributed by atoms with Crippen LogP contribution in [0, 0.1) is 23.7 Å². The van der Waals surface area contributed by atoms with Crippen molar-refractivity contribution in [3.8, 4) is 11.3 Å². The summed E-state index contributed by atoms with van der Waals surface area (Å²) in [6, 6.07) is 13.3. The Kier molecular flexibility index (Phi) is 5.05. The molecular weight excluding hydrogens is 460 g/mol. The molecule has 4 bridgehead atoms. The molecule has 6 nitrogen and oxygen atoms in total. The Morgan fingerprint density at radius 3 is 2.46 bits per heavy atom. The van der Waals surface area contributed by atoms with Crippen molar-refractivity contribution < 1.29 is 0 Å². The summed E-state index contributed by atoms with van der Waals surface area (Å²) in [5.74, 6) is 4.03. The second-order valence-corrected chi connectivity index (χ2v) is 12.8. The van der Waals surface area contributed by atoms with Gasteiger partial charge < -0.3 is 9.55 Å². The van der Waals surface area contributed by atoms with E-state index in [0.717, 1.165) is 53.6 Å². The normalized spacial score (nSPS) is 36.8. The minimum absolute atomic E-state index is 0.0619. The van der Waals surface area contributed by atoms with Gasteiger partial charge in [0.2, 0.25) is 5.56 Å². The van der Waals surface area contributed by atoms with Gasteiger partial charge in [0, 0.05) is 42.0 Å². The van der Waals surface area contributed by atoms with E-state index >= 15 is 0 Å². The molecular formula is C31H36N4O2. The first-order chi connectivity index (χ1) is 18.1. The van der Waals surface area contributed by atoms with E-state index in [1.54, 1.807) is 12.3 Å². The summed E-state index contributed by atoms with van der Waals surface area (Å²) in [6.45, 7) is 0. The van der Waals surface area contributed by atoms with Gasteiger partial charge in [-0.05, 0) is 99.7 Å². The maximum atomic E-state index is 14.1. The molecule has 3 saturated carbocycles. The van der Waals surface area contributed by atoms with Crippen molar-refractivity contribution in [1.82, 2.24) is 19.4 Å². The van der Waals surface area contributed by atoms with Gasteiger partial charge in [-0.1, -0.05) is 18.6 Å². The maximum Gasteiger partial charge on any atom is 0.277 e. The zero-order chi connectivity index (χ0) is 24.7. The van der Waals surface area contributed by atoms with Crippen LogP contribution >= 0.6 is 0 Å². The number of nitrogens with one attached hydrogen (secondary N) is 1. The quantitative estimate of drug-likeness (QED) is 0.545. The van der Waals surface area contributed by atoms with Crippen molar-refractivity contribution in [3.05, 3.63) is 63.3 Å². The summed E-state index contributed by atoms with van der Waals surface area (Å²) in [6.07, 6.45) is 14.8. The number of fused-ring (bicyclic) bond motifs is 4. The van der Waals surface area contributed by atoms with E-state index in [-0.39, 0.29) is 17.2 Å². The molecule has 0 radical (unpaired) electrons. The number of piperidine rings is 2. The van der Waals surface area contributed by atoms with Crippen LogP contribution in [-0.4, -0.2) is 37.6 Å². The fourth-order valence-electron chi connectivity index (χ4n) is 9.52. The number of H-pyrrole nitrogens is 1. The van der Waals surface area contributed by atoms with Crippen molar-refractivity contribution >= 4 is 11.0 Å². The van der Waals surface area contributed by atoms with Gasteiger partial charge >= 0.3 is 0 Å². The van der Waals surface area contributed by atoms with Gasteiger partial charge in [-0.25, -0.2) is 4.98 Å². The van der Waals surface area contributed by atoms with Crippen molar-refractivity contribution in [3.63, 3.8) is 0 Å². The zero-order valence-corrected chi connectivity index (χ0v) is 21.4. The Morgan fingerprint density at radius 2 is 1.62 bits per heavy atom. The molecule has 6 heteroatoms. The minimum atomic E-state index is -0.212. The second kappa shape index (κ2) is 8.39. The molecule has 8 rings (SSSR count). The highest BCUT2D eigenvalue weighted by Gasteiger charge is 2.53. The van der Waals surface area contributed by atoms with E-state index in [1.165, 1.54) is 57.4 Å². The Hall–Kier alpha value is -2.73. The summed E-state index contributed by atoms with van der Waals surface area (Å²) in [7, 11) is 0. The zero-order valence-electron chi connectivity index (χ0n) is 21.4. The monoisotopic (exact) mass is 496 g/mol. The predicted octanol–water partition coefficient (Wildman–Crippen LogP) is 5.13. The van der Waals surface area contributed by atoms with Crippen LogP contribution in [-0.2, 0) is 0 Å². The average Bonchev–Trinajstić information content (AvgIpc) is 3.11. The molecule has 3 aromatic rings. The van der Waals surface area contributed by atoms with Crippen molar-refractivity contribution in [2.75, 3.05) is 0 Å². The first-order valence-electron chi connectivity index (χ1n) is 14.6. The highest BCUT2D eigenvalue weighted by Crippen LogP contribution is 2.59. The third kappa shape index (κ3) is 3.51. The standard InChI is InChI=1S/C31H36N4O2/c36-29-15-19(8-9-32-29)30-31(37)35(28-7-2-1-6-27(28)33-30)25-16-22-4-3-5-23(17-25)34(22)24-11-18-10-20-13-21(14-24)26(20)12-18/h1-2,6-9,15,18,20-26H,3-5,10-14,16-17H2,(H,32,36). The molecule has 7 unspecified atom stereocenters. The van der Waals surface area contributed by atoms with Crippen molar-refractivity contribution in [1.29, 1.82) is 0 Å². The van der Waals surface area contributed by atoms with Gasteiger partial charge in [-0.15, -0.1) is 0 Å². The van der Waals surface area contributed by atoms with Gasteiger partial charge in [0.05, 0.1) is 11.0 Å². The molecule has 2 aliphatic heterocycles. The third-order valence-electron chi connectivity index (χ3n) is 10.9. The summed E-state index contributed by atoms with van der Waals surface area (Å²) < 4.78 is 2.05. The van der Waals surface area contributed by atoms with Crippen LogP contribution in [0.25, 0.3) is 22.3 Å². The number of aromatic nitrogens is 3. The number of aromatic amines is 1. The second-order valence-electron chi connectivity index (χ2n) is 12.8. The highest BCUT2D eigenvalue weighted by molar-refractivity contribution is 5.78. The number of para-hydroxylation sites is 2. The van der Waals surface area contributed by atoms with E-state index < -0.39 is 0 Å². The number of pyridine rings is 1. The van der Waals surface area contributed by atoms with Crippen LogP contribution in [0.4, 0.5) is 0 Å². The van der Waals surface area contributed by atoms with Gasteiger partial charge in [0.25, 0.3) is 5.56 Å². The molecule has 5 fully saturated rings. The van der Waals surface area contributed by atoms with E-state index in [4.69, 9.17) is 4.98 Å².